The number of nitro groups is 1. The summed E-state index contributed by atoms with van der Waals surface area (Å²) in [6.45, 7) is 0.0427. The van der Waals surface area contributed by atoms with Crippen LogP contribution in [0.25, 0.3) is 0 Å². The van der Waals surface area contributed by atoms with Gasteiger partial charge in [-0.2, -0.15) is 0 Å². The van der Waals surface area contributed by atoms with Crippen LogP contribution in [-0.4, -0.2) is 39.1 Å². The predicted molar refractivity (Wildman–Crippen MR) is 62.9 cm³/mol. The zero-order chi connectivity index (χ0) is 13.5. The van der Waals surface area contributed by atoms with Crippen LogP contribution in [0, 0.1) is 10.1 Å². The number of hydrogen-bond donors (Lipinski definition) is 0. The van der Waals surface area contributed by atoms with E-state index in [1.165, 1.54) is 39.5 Å². The molecular weight excluding hydrogens is 242 g/mol. The maximum absolute atomic E-state index is 10.8. The summed E-state index contributed by atoms with van der Waals surface area (Å²) >= 11 is 0. The number of benzene rings is 1. The van der Waals surface area contributed by atoms with Crippen LogP contribution in [0.15, 0.2) is 18.2 Å². The molecule has 1 aromatic carbocycles. The highest BCUT2D eigenvalue weighted by molar-refractivity contribution is 5.50. The van der Waals surface area contributed by atoms with Gasteiger partial charge >= 0.3 is 5.69 Å². The van der Waals surface area contributed by atoms with Crippen LogP contribution in [-0.2, 0) is 9.47 Å². The molecule has 0 saturated heterocycles. The molecule has 18 heavy (non-hydrogen) atoms. The van der Waals surface area contributed by atoms with Crippen molar-refractivity contribution in [3.05, 3.63) is 28.3 Å². The molecule has 1 rings (SSSR count). The Kier molecular flexibility index (Phi) is 5.34. The van der Waals surface area contributed by atoms with E-state index in [1.807, 2.05) is 0 Å². The summed E-state index contributed by atoms with van der Waals surface area (Å²) in [5.74, 6) is 0.584. The summed E-state index contributed by atoms with van der Waals surface area (Å²) in [5.41, 5.74) is -0.137. The van der Waals surface area contributed by atoms with Crippen molar-refractivity contribution in [3.63, 3.8) is 0 Å². The zero-order valence-electron chi connectivity index (χ0n) is 10.4. The van der Waals surface area contributed by atoms with Gasteiger partial charge in [-0.1, -0.05) is 0 Å². The monoisotopic (exact) mass is 257 g/mol. The van der Waals surface area contributed by atoms with Gasteiger partial charge in [-0.3, -0.25) is 10.1 Å². The van der Waals surface area contributed by atoms with Crippen molar-refractivity contribution in [2.75, 3.05) is 27.9 Å². The van der Waals surface area contributed by atoms with E-state index in [0.29, 0.717) is 5.75 Å². The molecule has 100 valence electrons. The predicted octanol–water partition coefficient (Wildman–Crippen LogP) is 1.60. The molecule has 0 bridgehead atoms. The lowest BCUT2D eigenvalue weighted by Gasteiger charge is -2.14. The minimum absolute atomic E-state index is 0.0427. The van der Waals surface area contributed by atoms with Crippen molar-refractivity contribution in [3.8, 4) is 11.5 Å². The number of ether oxygens (including phenoxy) is 4. The van der Waals surface area contributed by atoms with Gasteiger partial charge in [-0.05, 0) is 6.07 Å². The Labute approximate surface area is 104 Å². The molecule has 0 N–H and O–H groups in total. The van der Waals surface area contributed by atoms with Crippen LogP contribution in [0.4, 0.5) is 5.69 Å². The molecule has 0 aliphatic heterocycles. The molecule has 0 aliphatic carbocycles. The topological polar surface area (TPSA) is 80.1 Å². The van der Waals surface area contributed by atoms with Crippen LogP contribution in [0.2, 0.25) is 0 Å². The van der Waals surface area contributed by atoms with Gasteiger partial charge in [-0.15, -0.1) is 0 Å². The SMILES string of the molecule is COc1ccc([N+](=O)[O-])c(OCC(OC)OC)c1. The quantitative estimate of drug-likeness (QED) is 0.419. The van der Waals surface area contributed by atoms with Crippen molar-refractivity contribution < 1.29 is 23.9 Å². The molecule has 0 unspecified atom stereocenters. The molecule has 0 heterocycles. The molecule has 0 fully saturated rings. The average molecular weight is 257 g/mol. The third-order valence-corrected chi connectivity index (χ3v) is 2.26. The fraction of sp³-hybridized carbons (Fsp3) is 0.455. The van der Waals surface area contributed by atoms with E-state index >= 15 is 0 Å². The largest absolute Gasteiger partial charge is 0.497 e. The summed E-state index contributed by atoms with van der Waals surface area (Å²) in [7, 11) is 4.38. The highest BCUT2D eigenvalue weighted by Gasteiger charge is 2.17. The Bertz CT molecular complexity index is 405. The minimum atomic E-state index is -0.587. The first-order chi connectivity index (χ1) is 8.62. The lowest BCUT2D eigenvalue weighted by molar-refractivity contribution is -0.386. The van der Waals surface area contributed by atoms with Crippen LogP contribution < -0.4 is 9.47 Å². The minimum Gasteiger partial charge on any atom is -0.497 e. The first kappa shape index (κ1) is 14.2. The first-order valence-corrected chi connectivity index (χ1v) is 5.13. The summed E-state index contributed by atoms with van der Waals surface area (Å²) in [6, 6.07) is 4.26. The van der Waals surface area contributed by atoms with Gasteiger partial charge in [-0.25, -0.2) is 0 Å². The Hall–Kier alpha value is -1.86. The van der Waals surface area contributed by atoms with E-state index in [-0.39, 0.29) is 18.0 Å². The van der Waals surface area contributed by atoms with Gasteiger partial charge in [0.25, 0.3) is 0 Å². The van der Waals surface area contributed by atoms with Crippen molar-refractivity contribution in [2.24, 2.45) is 0 Å². The van der Waals surface area contributed by atoms with E-state index in [0.717, 1.165) is 0 Å². The summed E-state index contributed by atoms with van der Waals surface area (Å²) in [6.07, 6.45) is -0.587. The number of hydrogen-bond acceptors (Lipinski definition) is 6. The van der Waals surface area contributed by atoms with Gasteiger partial charge in [0.1, 0.15) is 12.4 Å². The molecule has 0 aromatic heterocycles. The second-order valence-corrected chi connectivity index (χ2v) is 3.30. The van der Waals surface area contributed by atoms with Crippen molar-refractivity contribution in [1.29, 1.82) is 0 Å². The normalized spacial score (nSPS) is 10.4. The number of rotatable bonds is 7. The smallest absolute Gasteiger partial charge is 0.311 e. The van der Waals surface area contributed by atoms with Crippen LogP contribution in [0.5, 0.6) is 11.5 Å². The number of methoxy groups -OCH3 is 3. The van der Waals surface area contributed by atoms with Crippen molar-refractivity contribution >= 4 is 5.69 Å². The van der Waals surface area contributed by atoms with Crippen LogP contribution in [0.1, 0.15) is 0 Å². The Morgan fingerprint density at radius 1 is 1.28 bits per heavy atom. The molecule has 0 saturated carbocycles. The van der Waals surface area contributed by atoms with Crippen LogP contribution in [0.3, 0.4) is 0 Å². The molecule has 0 aliphatic rings. The summed E-state index contributed by atoms with van der Waals surface area (Å²) in [4.78, 5) is 10.3. The molecule has 0 amide bonds. The zero-order valence-corrected chi connectivity index (χ0v) is 10.4. The highest BCUT2D eigenvalue weighted by atomic mass is 16.7. The van der Waals surface area contributed by atoms with E-state index in [4.69, 9.17) is 18.9 Å². The lowest BCUT2D eigenvalue weighted by atomic mass is 10.3. The van der Waals surface area contributed by atoms with Crippen molar-refractivity contribution in [1.82, 2.24) is 0 Å². The summed E-state index contributed by atoms with van der Waals surface area (Å²) in [5, 5.41) is 10.8. The van der Waals surface area contributed by atoms with Gasteiger partial charge in [0, 0.05) is 26.4 Å². The first-order valence-electron chi connectivity index (χ1n) is 5.13. The fourth-order valence-electron chi connectivity index (χ4n) is 1.28. The molecule has 0 spiro atoms. The number of nitro benzene ring substituents is 1. The molecule has 7 heteroatoms. The Morgan fingerprint density at radius 2 is 1.94 bits per heavy atom. The lowest BCUT2D eigenvalue weighted by Crippen LogP contribution is -2.22. The standard InChI is InChI=1S/C11H15NO6/c1-15-8-4-5-9(12(13)14)10(6-8)18-7-11(16-2)17-3/h4-6,11H,7H2,1-3H3. The maximum Gasteiger partial charge on any atom is 0.311 e. The second kappa shape index (κ2) is 6.77. The Balaban J connectivity index is 2.87. The van der Waals surface area contributed by atoms with E-state index in [9.17, 15) is 10.1 Å². The van der Waals surface area contributed by atoms with Gasteiger partial charge < -0.3 is 18.9 Å². The Morgan fingerprint density at radius 3 is 2.44 bits per heavy atom. The molecular formula is C11H15NO6. The molecule has 1 aromatic rings. The van der Waals surface area contributed by atoms with E-state index in [2.05, 4.69) is 0 Å². The van der Waals surface area contributed by atoms with Gasteiger partial charge in [0.2, 0.25) is 5.75 Å². The average Bonchev–Trinajstić information content (AvgIpc) is 2.39. The van der Waals surface area contributed by atoms with Crippen molar-refractivity contribution in [2.45, 2.75) is 6.29 Å². The molecule has 0 atom stereocenters. The second-order valence-electron chi connectivity index (χ2n) is 3.30. The molecule has 0 radical (unpaired) electrons. The third-order valence-electron chi connectivity index (χ3n) is 2.26. The van der Waals surface area contributed by atoms with Gasteiger partial charge in [0.05, 0.1) is 12.0 Å². The van der Waals surface area contributed by atoms with E-state index in [1.54, 1.807) is 0 Å². The van der Waals surface area contributed by atoms with Crippen LogP contribution >= 0.6 is 0 Å². The summed E-state index contributed by atoms with van der Waals surface area (Å²) < 4.78 is 20.2. The van der Waals surface area contributed by atoms with E-state index < -0.39 is 11.2 Å². The maximum atomic E-state index is 10.8. The highest BCUT2D eigenvalue weighted by Crippen LogP contribution is 2.31. The van der Waals surface area contributed by atoms with Gasteiger partial charge in [0.15, 0.2) is 6.29 Å². The third kappa shape index (κ3) is 3.57. The number of nitrogens with zero attached hydrogens (tertiary/aromatic N) is 1. The molecule has 7 nitrogen and oxygen atoms in total. The fourth-order valence-corrected chi connectivity index (χ4v) is 1.28.